The number of nitrogens with zero attached hydrogens (tertiary/aromatic N) is 1. The molecule has 1 aliphatic carbocycles. The van der Waals surface area contributed by atoms with Crippen LogP contribution in [0.3, 0.4) is 0 Å². The molecule has 1 heterocycles. The van der Waals surface area contributed by atoms with Crippen LogP contribution in [0.2, 0.25) is 0 Å². The number of hydrogen-bond donors (Lipinski definition) is 0. The molecule has 0 saturated carbocycles. The molecule has 5 rings (SSSR count). The summed E-state index contributed by atoms with van der Waals surface area (Å²) < 4.78 is 39.1. The summed E-state index contributed by atoms with van der Waals surface area (Å²) in [5, 5.41) is 0. The summed E-state index contributed by atoms with van der Waals surface area (Å²) in [4.78, 5) is 14.5. The molecule has 1 unspecified atom stereocenters. The smallest absolute Gasteiger partial charge is 0.337 e. The van der Waals surface area contributed by atoms with Gasteiger partial charge in [-0.05, 0) is 103 Å². The number of fused-ring (bicyclic) bond motifs is 1. The molecular formula is C33H35F2NO3. The number of likely N-dealkylation sites (tertiary alicyclic amines) is 1. The van der Waals surface area contributed by atoms with E-state index in [1.165, 1.54) is 7.11 Å². The standard InChI is InChI=1S/C33H35F2NO3/c1-22-7-13-29(31(35)19-22)30-6-3-5-24-20-25(33(37)38-2)10-14-28(24)32(30)23-8-11-26(12-9-23)39-27-15-18-36(21-27)17-4-16-34/h7-14,19-20,27H,3-6,15-18,21H2,1-2H3. The molecule has 3 aromatic carbocycles. The normalized spacial score (nSPS) is 17.6. The van der Waals surface area contributed by atoms with Crippen LogP contribution >= 0.6 is 0 Å². The summed E-state index contributed by atoms with van der Waals surface area (Å²) in [5.74, 6) is 0.194. The van der Waals surface area contributed by atoms with Gasteiger partial charge in [0.25, 0.3) is 0 Å². The van der Waals surface area contributed by atoms with Crippen LogP contribution in [0.1, 0.15) is 63.9 Å². The Morgan fingerprint density at radius 1 is 1.03 bits per heavy atom. The molecule has 1 atom stereocenters. The van der Waals surface area contributed by atoms with Crippen LogP contribution in [0.5, 0.6) is 5.75 Å². The van der Waals surface area contributed by atoms with Gasteiger partial charge in [-0.2, -0.15) is 0 Å². The lowest BCUT2D eigenvalue weighted by Crippen LogP contribution is -2.26. The van der Waals surface area contributed by atoms with Gasteiger partial charge in [0.2, 0.25) is 0 Å². The zero-order chi connectivity index (χ0) is 27.4. The maximum absolute atomic E-state index is 15.3. The number of benzene rings is 3. The van der Waals surface area contributed by atoms with Gasteiger partial charge in [0.05, 0.1) is 19.3 Å². The predicted molar refractivity (Wildman–Crippen MR) is 150 cm³/mol. The van der Waals surface area contributed by atoms with Crippen LogP contribution in [0, 0.1) is 12.7 Å². The largest absolute Gasteiger partial charge is 0.489 e. The molecule has 0 radical (unpaired) electrons. The predicted octanol–water partition coefficient (Wildman–Crippen LogP) is 7.03. The third-order valence-electron chi connectivity index (χ3n) is 7.70. The van der Waals surface area contributed by atoms with Crippen LogP contribution in [0.15, 0.2) is 60.7 Å². The fourth-order valence-corrected chi connectivity index (χ4v) is 5.77. The number of carbonyl (C=O) groups is 1. The van der Waals surface area contributed by atoms with Crippen molar-refractivity contribution < 1.29 is 23.0 Å². The number of aryl methyl sites for hydroxylation is 2. The molecule has 1 saturated heterocycles. The van der Waals surface area contributed by atoms with Crippen LogP contribution in [0.25, 0.3) is 11.1 Å². The van der Waals surface area contributed by atoms with Crippen molar-refractivity contribution in [3.05, 3.63) is 99.9 Å². The van der Waals surface area contributed by atoms with Crippen molar-refractivity contribution in [1.29, 1.82) is 0 Å². The molecule has 39 heavy (non-hydrogen) atoms. The average molecular weight is 532 g/mol. The van der Waals surface area contributed by atoms with Gasteiger partial charge in [-0.15, -0.1) is 0 Å². The Labute approximate surface area is 229 Å². The zero-order valence-corrected chi connectivity index (χ0v) is 22.6. The number of ether oxygens (including phenoxy) is 2. The van der Waals surface area contributed by atoms with E-state index in [-0.39, 0.29) is 24.6 Å². The third-order valence-corrected chi connectivity index (χ3v) is 7.70. The van der Waals surface area contributed by atoms with Gasteiger partial charge in [0.15, 0.2) is 0 Å². The van der Waals surface area contributed by atoms with Crippen molar-refractivity contribution in [3.63, 3.8) is 0 Å². The summed E-state index contributed by atoms with van der Waals surface area (Å²) in [6, 6.07) is 19.1. The first-order valence-corrected chi connectivity index (χ1v) is 13.7. The second kappa shape index (κ2) is 12.1. The lowest BCUT2D eigenvalue weighted by Gasteiger charge is -2.19. The number of esters is 1. The van der Waals surface area contributed by atoms with Crippen molar-refractivity contribution in [1.82, 2.24) is 4.90 Å². The Kier molecular flexibility index (Phi) is 8.41. The maximum atomic E-state index is 15.3. The van der Waals surface area contributed by atoms with E-state index in [1.807, 2.05) is 55.5 Å². The van der Waals surface area contributed by atoms with Crippen molar-refractivity contribution in [2.45, 2.75) is 45.1 Å². The van der Waals surface area contributed by atoms with E-state index >= 15 is 4.39 Å². The number of carbonyl (C=O) groups excluding carboxylic acids is 1. The van der Waals surface area contributed by atoms with Gasteiger partial charge in [0, 0.05) is 25.2 Å². The van der Waals surface area contributed by atoms with E-state index in [1.54, 1.807) is 12.1 Å². The van der Waals surface area contributed by atoms with Gasteiger partial charge >= 0.3 is 5.97 Å². The van der Waals surface area contributed by atoms with Gasteiger partial charge in [-0.25, -0.2) is 9.18 Å². The molecule has 0 amide bonds. The second-order valence-corrected chi connectivity index (χ2v) is 10.4. The Hall–Kier alpha value is -3.51. The van der Waals surface area contributed by atoms with E-state index in [0.29, 0.717) is 24.0 Å². The van der Waals surface area contributed by atoms with E-state index in [4.69, 9.17) is 9.47 Å². The van der Waals surface area contributed by atoms with Crippen molar-refractivity contribution in [2.75, 3.05) is 33.4 Å². The zero-order valence-electron chi connectivity index (χ0n) is 22.6. The lowest BCUT2D eigenvalue weighted by atomic mass is 9.87. The molecule has 0 aromatic heterocycles. The minimum atomic E-state index is -0.367. The molecule has 6 heteroatoms. The summed E-state index contributed by atoms with van der Waals surface area (Å²) in [6.07, 6.45) is 3.90. The van der Waals surface area contributed by atoms with Crippen LogP contribution in [-0.2, 0) is 11.2 Å². The topological polar surface area (TPSA) is 38.8 Å². The first-order valence-electron chi connectivity index (χ1n) is 13.7. The Bertz CT molecular complexity index is 1370. The van der Waals surface area contributed by atoms with E-state index in [2.05, 4.69) is 4.90 Å². The lowest BCUT2D eigenvalue weighted by molar-refractivity contribution is 0.0600. The molecule has 1 aliphatic heterocycles. The molecule has 3 aromatic rings. The van der Waals surface area contributed by atoms with Crippen molar-refractivity contribution in [2.24, 2.45) is 0 Å². The van der Waals surface area contributed by atoms with Gasteiger partial charge < -0.3 is 9.47 Å². The first kappa shape index (κ1) is 27.1. The minimum absolute atomic E-state index is 0.0854. The SMILES string of the molecule is COC(=O)c1ccc2c(c1)CCCC(c1ccc(C)cc1F)=C2c1ccc(OC2CCN(CCCF)C2)cc1. The molecule has 204 valence electrons. The molecule has 2 aliphatic rings. The minimum Gasteiger partial charge on any atom is -0.489 e. The quantitative estimate of drug-likeness (QED) is 0.293. The molecule has 0 bridgehead atoms. The summed E-state index contributed by atoms with van der Waals surface area (Å²) in [5.41, 5.74) is 6.98. The molecule has 0 N–H and O–H groups in total. The highest BCUT2D eigenvalue weighted by Crippen LogP contribution is 2.41. The highest BCUT2D eigenvalue weighted by atomic mass is 19.1. The number of rotatable bonds is 8. The first-order chi connectivity index (χ1) is 19.0. The number of allylic oxidation sites excluding steroid dienone is 1. The fraction of sp³-hybridized carbons (Fsp3) is 0.364. The second-order valence-electron chi connectivity index (χ2n) is 10.4. The summed E-state index contributed by atoms with van der Waals surface area (Å²) in [7, 11) is 1.38. The third kappa shape index (κ3) is 6.06. The monoisotopic (exact) mass is 531 g/mol. The Morgan fingerprint density at radius 3 is 2.56 bits per heavy atom. The highest BCUT2D eigenvalue weighted by Gasteiger charge is 2.25. The van der Waals surface area contributed by atoms with Gasteiger partial charge in [-0.1, -0.05) is 30.3 Å². The maximum Gasteiger partial charge on any atom is 0.337 e. The molecular weight excluding hydrogens is 496 g/mol. The fourth-order valence-electron chi connectivity index (χ4n) is 5.77. The Balaban J connectivity index is 1.51. The highest BCUT2D eigenvalue weighted by molar-refractivity contribution is 6.01. The van der Waals surface area contributed by atoms with Crippen LogP contribution in [-0.4, -0.2) is 50.4 Å². The van der Waals surface area contributed by atoms with Gasteiger partial charge in [0.1, 0.15) is 17.7 Å². The number of halogens is 2. The van der Waals surface area contributed by atoms with Crippen molar-refractivity contribution in [3.8, 4) is 5.75 Å². The molecule has 0 spiro atoms. The molecule has 4 nitrogen and oxygen atoms in total. The van der Waals surface area contributed by atoms with Gasteiger partial charge in [-0.3, -0.25) is 9.29 Å². The van der Waals surface area contributed by atoms with E-state index < -0.39 is 0 Å². The Morgan fingerprint density at radius 2 is 1.82 bits per heavy atom. The van der Waals surface area contributed by atoms with Crippen LogP contribution < -0.4 is 4.74 Å². The van der Waals surface area contributed by atoms with Crippen LogP contribution in [0.4, 0.5) is 8.78 Å². The van der Waals surface area contributed by atoms with E-state index in [9.17, 15) is 9.18 Å². The summed E-state index contributed by atoms with van der Waals surface area (Å²) in [6.45, 7) is 4.09. The number of methoxy groups -OCH3 is 1. The van der Waals surface area contributed by atoms with Crippen molar-refractivity contribution >= 4 is 17.1 Å². The number of hydrogen-bond acceptors (Lipinski definition) is 4. The van der Waals surface area contributed by atoms with E-state index in [0.717, 1.165) is 78.0 Å². The average Bonchev–Trinajstić information content (AvgIpc) is 3.30. The number of alkyl halides is 1. The molecule has 1 fully saturated rings. The summed E-state index contributed by atoms with van der Waals surface area (Å²) >= 11 is 0.